The summed E-state index contributed by atoms with van der Waals surface area (Å²) >= 11 is 7.97. The van der Waals surface area contributed by atoms with E-state index in [1.807, 2.05) is 29.2 Å². The molecule has 3 nitrogen and oxygen atoms in total. The van der Waals surface area contributed by atoms with Crippen LogP contribution in [0, 0.1) is 6.92 Å². The molecular weight excluding hydrogens is 364 g/mol. The Balaban J connectivity index is 1.43. The summed E-state index contributed by atoms with van der Waals surface area (Å²) < 4.78 is 1.07. The van der Waals surface area contributed by atoms with Crippen molar-refractivity contribution in [1.82, 2.24) is 9.80 Å². The summed E-state index contributed by atoms with van der Waals surface area (Å²) in [5.41, 5.74) is 2.68. The van der Waals surface area contributed by atoms with E-state index in [-0.39, 0.29) is 5.91 Å². The van der Waals surface area contributed by atoms with Gasteiger partial charge in [-0.1, -0.05) is 54.1 Å². The zero-order chi connectivity index (χ0) is 18.1. The van der Waals surface area contributed by atoms with Gasteiger partial charge in [0.05, 0.1) is 5.02 Å². The number of aryl methyl sites for hydroxylation is 1. The molecule has 0 bridgehead atoms. The average Bonchev–Trinajstić information content (AvgIpc) is 3.01. The van der Waals surface area contributed by atoms with Gasteiger partial charge < -0.3 is 4.90 Å². The number of rotatable bonds is 3. The topological polar surface area (TPSA) is 23.6 Å². The van der Waals surface area contributed by atoms with Crippen LogP contribution in [0.5, 0.6) is 0 Å². The molecule has 1 amide bonds. The molecule has 1 fully saturated rings. The molecule has 1 saturated heterocycles. The lowest BCUT2D eigenvalue weighted by Gasteiger charge is -2.34. The Hall–Kier alpha value is -1.88. The molecule has 0 saturated carbocycles. The molecule has 1 aliphatic rings. The lowest BCUT2D eigenvalue weighted by atomic mass is 10.1. The molecule has 0 atom stereocenters. The van der Waals surface area contributed by atoms with Crippen LogP contribution in [0.25, 0.3) is 10.1 Å². The van der Waals surface area contributed by atoms with E-state index in [0.717, 1.165) is 42.8 Å². The number of piperazine rings is 1. The van der Waals surface area contributed by atoms with Gasteiger partial charge in [0.25, 0.3) is 5.91 Å². The van der Waals surface area contributed by atoms with E-state index in [0.29, 0.717) is 9.90 Å². The number of hydrogen-bond acceptors (Lipinski definition) is 3. The van der Waals surface area contributed by atoms with Crippen LogP contribution in [0.15, 0.2) is 48.5 Å². The van der Waals surface area contributed by atoms with Crippen molar-refractivity contribution < 1.29 is 4.79 Å². The molecule has 2 heterocycles. The normalized spacial score (nSPS) is 15.5. The molecule has 3 aromatic rings. The highest BCUT2D eigenvalue weighted by molar-refractivity contribution is 7.21. The number of carbonyl (C=O) groups is 1. The third-order valence-corrected chi connectivity index (χ3v) is 6.71. The summed E-state index contributed by atoms with van der Waals surface area (Å²) in [6.07, 6.45) is 0. The fraction of sp³-hybridized carbons (Fsp3) is 0.286. The summed E-state index contributed by atoms with van der Waals surface area (Å²) in [5, 5.41) is 1.57. The van der Waals surface area contributed by atoms with Crippen LogP contribution in [0.4, 0.5) is 0 Å². The van der Waals surface area contributed by atoms with Crippen molar-refractivity contribution in [3.8, 4) is 0 Å². The van der Waals surface area contributed by atoms with Crippen LogP contribution in [0.2, 0.25) is 5.02 Å². The van der Waals surface area contributed by atoms with E-state index in [1.165, 1.54) is 22.5 Å². The minimum Gasteiger partial charge on any atom is -0.335 e. The Labute approximate surface area is 162 Å². The van der Waals surface area contributed by atoms with E-state index >= 15 is 0 Å². The van der Waals surface area contributed by atoms with Gasteiger partial charge in [0.15, 0.2) is 0 Å². The van der Waals surface area contributed by atoms with Gasteiger partial charge in [-0.3, -0.25) is 9.69 Å². The Morgan fingerprint density at radius 3 is 2.46 bits per heavy atom. The first kappa shape index (κ1) is 17.5. The molecule has 1 aromatic heterocycles. The maximum absolute atomic E-state index is 12.9. The molecule has 26 heavy (non-hydrogen) atoms. The minimum absolute atomic E-state index is 0.0618. The summed E-state index contributed by atoms with van der Waals surface area (Å²) in [5.74, 6) is 0.0618. The largest absolute Gasteiger partial charge is 0.335 e. The van der Waals surface area contributed by atoms with Gasteiger partial charge in [-0.2, -0.15) is 0 Å². The van der Waals surface area contributed by atoms with Crippen molar-refractivity contribution in [3.63, 3.8) is 0 Å². The minimum atomic E-state index is 0.0618. The molecule has 0 aliphatic carbocycles. The van der Waals surface area contributed by atoms with E-state index < -0.39 is 0 Å². The number of fused-ring (bicyclic) bond motifs is 1. The maximum atomic E-state index is 12.9. The number of halogens is 1. The fourth-order valence-corrected chi connectivity index (χ4v) is 4.91. The summed E-state index contributed by atoms with van der Waals surface area (Å²) in [6, 6.07) is 16.4. The predicted octanol–water partition coefficient (Wildman–Crippen LogP) is 4.82. The SMILES string of the molecule is Cc1ccccc1CN1CCN(C(=O)c2sc3ccccc3c2Cl)CC1. The second-order valence-electron chi connectivity index (χ2n) is 6.74. The second kappa shape index (κ2) is 7.39. The highest BCUT2D eigenvalue weighted by Crippen LogP contribution is 2.36. The Kier molecular flexibility index (Phi) is 4.98. The lowest BCUT2D eigenvalue weighted by molar-refractivity contribution is 0.0633. The summed E-state index contributed by atoms with van der Waals surface area (Å²) in [6.45, 7) is 6.37. The molecule has 0 radical (unpaired) electrons. The van der Waals surface area contributed by atoms with Crippen molar-refractivity contribution in [3.05, 3.63) is 69.6 Å². The first-order valence-corrected chi connectivity index (χ1v) is 10.1. The molecule has 1 aliphatic heterocycles. The van der Waals surface area contributed by atoms with Gasteiger partial charge in [0, 0.05) is 42.8 Å². The highest BCUT2D eigenvalue weighted by atomic mass is 35.5. The number of nitrogens with zero attached hydrogens (tertiary/aromatic N) is 2. The smallest absolute Gasteiger partial charge is 0.265 e. The van der Waals surface area contributed by atoms with Gasteiger partial charge in [-0.05, 0) is 24.1 Å². The van der Waals surface area contributed by atoms with Crippen LogP contribution in [0.3, 0.4) is 0 Å². The molecule has 2 aromatic carbocycles. The summed E-state index contributed by atoms with van der Waals surface area (Å²) in [4.78, 5) is 18.0. The Morgan fingerprint density at radius 1 is 1.04 bits per heavy atom. The van der Waals surface area contributed by atoms with Gasteiger partial charge in [0.2, 0.25) is 0 Å². The van der Waals surface area contributed by atoms with E-state index in [9.17, 15) is 4.79 Å². The van der Waals surface area contributed by atoms with Crippen LogP contribution in [-0.2, 0) is 6.54 Å². The fourth-order valence-electron chi connectivity index (χ4n) is 3.43. The third kappa shape index (κ3) is 3.37. The summed E-state index contributed by atoms with van der Waals surface area (Å²) in [7, 11) is 0. The number of amides is 1. The zero-order valence-electron chi connectivity index (χ0n) is 14.7. The maximum Gasteiger partial charge on any atom is 0.265 e. The van der Waals surface area contributed by atoms with Crippen molar-refractivity contribution in [2.75, 3.05) is 26.2 Å². The van der Waals surface area contributed by atoms with Gasteiger partial charge in [0.1, 0.15) is 4.88 Å². The molecule has 4 rings (SSSR count). The van der Waals surface area contributed by atoms with Crippen molar-refractivity contribution >= 4 is 38.9 Å². The third-order valence-electron chi connectivity index (χ3n) is 5.04. The second-order valence-corrected chi connectivity index (χ2v) is 8.17. The van der Waals surface area contributed by atoms with E-state index in [2.05, 4.69) is 36.1 Å². The van der Waals surface area contributed by atoms with E-state index in [4.69, 9.17) is 11.6 Å². The van der Waals surface area contributed by atoms with Gasteiger partial charge in [-0.25, -0.2) is 0 Å². The standard InChI is InChI=1S/C21H21ClN2OS/c1-15-6-2-3-7-16(15)14-23-10-12-24(13-11-23)21(25)20-19(22)17-8-4-5-9-18(17)26-20/h2-9H,10-14H2,1H3. The zero-order valence-corrected chi connectivity index (χ0v) is 16.3. The number of benzene rings is 2. The predicted molar refractivity (Wildman–Crippen MR) is 109 cm³/mol. The number of hydrogen-bond donors (Lipinski definition) is 0. The first-order chi connectivity index (χ1) is 12.6. The van der Waals surface area contributed by atoms with Crippen LogP contribution >= 0.6 is 22.9 Å². The Bertz CT molecular complexity index is 944. The molecule has 134 valence electrons. The molecule has 0 spiro atoms. The van der Waals surface area contributed by atoms with Crippen LogP contribution in [-0.4, -0.2) is 41.9 Å². The quantitative estimate of drug-likeness (QED) is 0.646. The monoisotopic (exact) mass is 384 g/mol. The number of carbonyl (C=O) groups excluding carboxylic acids is 1. The highest BCUT2D eigenvalue weighted by Gasteiger charge is 2.26. The van der Waals surface area contributed by atoms with Gasteiger partial charge in [-0.15, -0.1) is 11.3 Å². The Morgan fingerprint density at radius 2 is 1.73 bits per heavy atom. The number of thiophene rings is 1. The van der Waals surface area contributed by atoms with Crippen LogP contribution in [0.1, 0.15) is 20.8 Å². The van der Waals surface area contributed by atoms with Crippen molar-refractivity contribution in [1.29, 1.82) is 0 Å². The lowest BCUT2D eigenvalue weighted by Crippen LogP contribution is -2.48. The van der Waals surface area contributed by atoms with Crippen molar-refractivity contribution in [2.45, 2.75) is 13.5 Å². The van der Waals surface area contributed by atoms with Crippen molar-refractivity contribution in [2.24, 2.45) is 0 Å². The molecular formula is C21H21ClN2OS. The van der Waals surface area contributed by atoms with Gasteiger partial charge >= 0.3 is 0 Å². The van der Waals surface area contributed by atoms with E-state index in [1.54, 1.807) is 0 Å². The molecule has 5 heteroatoms. The first-order valence-electron chi connectivity index (χ1n) is 8.86. The average molecular weight is 385 g/mol. The molecule has 0 unspecified atom stereocenters. The van der Waals surface area contributed by atoms with Crippen LogP contribution < -0.4 is 0 Å². The molecule has 0 N–H and O–H groups in total.